The van der Waals surface area contributed by atoms with Gasteiger partial charge in [0.15, 0.2) is 18.9 Å². The van der Waals surface area contributed by atoms with Crippen molar-refractivity contribution in [1.82, 2.24) is 5.32 Å². The van der Waals surface area contributed by atoms with Crippen molar-refractivity contribution in [2.24, 2.45) is 0 Å². The highest BCUT2D eigenvalue weighted by Gasteiger charge is 2.53. The Labute approximate surface area is 492 Å². The molecule has 19 nitrogen and oxygen atoms in total. The Morgan fingerprint density at radius 2 is 0.780 bits per heavy atom. The second-order valence-corrected chi connectivity index (χ2v) is 23.6. The monoisotopic (exact) mass is 1180 g/mol. The summed E-state index contributed by atoms with van der Waals surface area (Å²) in [6, 6.07) is -0.974. The summed E-state index contributed by atoms with van der Waals surface area (Å²) in [4.78, 5) is 13.3. The van der Waals surface area contributed by atoms with Crippen LogP contribution in [0, 0.1) is 0 Å². The molecular weight excluding hydrogens is 1060 g/mol. The lowest BCUT2D eigenvalue weighted by atomic mass is 9.96. The highest BCUT2D eigenvalue weighted by atomic mass is 16.8. The van der Waals surface area contributed by atoms with Crippen molar-refractivity contribution in [2.45, 2.75) is 343 Å². The predicted molar refractivity (Wildman–Crippen MR) is 314 cm³/mol. The van der Waals surface area contributed by atoms with E-state index >= 15 is 0 Å². The molecular formula is C63H117NO18. The molecule has 3 heterocycles. The van der Waals surface area contributed by atoms with Gasteiger partial charge < -0.3 is 89.9 Å². The van der Waals surface area contributed by atoms with Gasteiger partial charge in [-0.2, -0.15) is 0 Å². The Morgan fingerprint density at radius 1 is 0.427 bits per heavy atom. The topological polar surface area (TPSA) is 307 Å². The zero-order valence-electron chi connectivity index (χ0n) is 50.5. The molecule has 0 saturated carbocycles. The Hall–Kier alpha value is -1.73. The smallest absolute Gasteiger partial charge is 0.220 e. The molecule has 3 aliphatic heterocycles. The molecule has 82 heavy (non-hydrogen) atoms. The van der Waals surface area contributed by atoms with Gasteiger partial charge in [0, 0.05) is 6.42 Å². The lowest BCUT2D eigenvalue weighted by Crippen LogP contribution is -2.66. The summed E-state index contributed by atoms with van der Waals surface area (Å²) in [6.07, 6.45) is 23.2. The number of carbonyl (C=O) groups is 1. The van der Waals surface area contributed by atoms with Gasteiger partial charge in [0.05, 0.1) is 38.6 Å². The van der Waals surface area contributed by atoms with Crippen LogP contribution in [0.4, 0.5) is 0 Å². The Balaban J connectivity index is 1.43. The number of ether oxygens (including phenoxy) is 6. The lowest BCUT2D eigenvalue weighted by Gasteiger charge is -2.48. The fourth-order valence-electron chi connectivity index (χ4n) is 11.1. The van der Waals surface area contributed by atoms with E-state index in [0.717, 1.165) is 64.2 Å². The van der Waals surface area contributed by atoms with Crippen molar-refractivity contribution < 1.29 is 89.4 Å². The number of aliphatic hydroxyl groups excluding tert-OH is 11. The number of amides is 1. The van der Waals surface area contributed by atoms with Crippen LogP contribution in [0.2, 0.25) is 0 Å². The SMILES string of the molecule is CCCC/C=C\CCCCCCCC(=O)NC(COC1OC(CO)C(OC2OC(CO)C(OC3OC(CO)C(O)C(O)C3O)C(O)C2O)C(O)C1O)C(O)/C=C/CCCCCCCCCCCCCCCCCCCCCCCCCC. The average Bonchev–Trinajstić information content (AvgIpc) is 3.53. The summed E-state index contributed by atoms with van der Waals surface area (Å²) in [6.45, 7) is 1.69. The van der Waals surface area contributed by atoms with Gasteiger partial charge in [-0.25, -0.2) is 0 Å². The summed E-state index contributed by atoms with van der Waals surface area (Å²) in [5.41, 5.74) is 0. The van der Waals surface area contributed by atoms with Crippen LogP contribution in [0.25, 0.3) is 0 Å². The number of hydrogen-bond acceptors (Lipinski definition) is 18. The molecule has 17 unspecified atom stereocenters. The second-order valence-electron chi connectivity index (χ2n) is 23.6. The predicted octanol–water partition coefficient (Wildman–Crippen LogP) is 7.10. The van der Waals surface area contributed by atoms with Gasteiger partial charge in [0.2, 0.25) is 5.91 Å². The van der Waals surface area contributed by atoms with Gasteiger partial charge in [-0.15, -0.1) is 0 Å². The Bertz CT molecular complexity index is 1590. The fourth-order valence-corrected chi connectivity index (χ4v) is 11.1. The third-order valence-electron chi connectivity index (χ3n) is 16.5. The van der Waals surface area contributed by atoms with Crippen molar-refractivity contribution >= 4 is 5.91 Å². The minimum absolute atomic E-state index is 0.234. The van der Waals surface area contributed by atoms with Crippen LogP contribution in [0.1, 0.15) is 239 Å². The first-order valence-corrected chi connectivity index (χ1v) is 32.6. The third kappa shape index (κ3) is 29.3. The van der Waals surface area contributed by atoms with Gasteiger partial charge in [-0.05, 0) is 38.5 Å². The first-order chi connectivity index (χ1) is 39.8. The minimum atomic E-state index is -1.98. The minimum Gasteiger partial charge on any atom is -0.394 e. The molecule has 19 heteroatoms. The van der Waals surface area contributed by atoms with Crippen molar-refractivity contribution in [3.05, 3.63) is 24.3 Å². The summed E-state index contributed by atoms with van der Waals surface area (Å²) < 4.78 is 34.3. The van der Waals surface area contributed by atoms with E-state index in [2.05, 4.69) is 31.3 Å². The summed E-state index contributed by atoms with van der Waals surface area (Å²) >= 11 is 0. The van der Waals surface area contributed by atoms with Crippen LogP contribution < -0.4 is 5.32 Å². The standard InChI is InChI=1S/C63H117NO18/c1-3-5-7-9-11-13-15-16-17-18-19-20-21-22-23-24-25-26-27-28-29-31-32-34-36-38-40-47(68)46(64-51(69)41-39-37-35-33-30-14-12-10-8-6-4-2)45-77-61-57(75)54(72)59(49(43-66)79-61)82-63-58(76)55(73)60(50(44-67)80-63)81-62-56(74)53(71)52(70)48(42-65)78-62/h10,12,38,40,46-50,52-63,65-68,70-76H,3-9,11,13-37,39,41-45H2,1-2H3,(H,64,69)/b12-10-,40-38+. The van der Waals surface area contributed by atoms with Gasteiger partial charge in [0.25, 0.3) is 0 Å². The van der Waals surface area contributed by atoms with E-state index in [1.165, 1.54) is 148 Å². The van der Waals surface area contributed by atoms with Crippen LogP contribution in [-0.2, 0) is 33.2 Å². The first-order valence-electron chi connectivity index (χ1n) is 32.6. The van der Waals surface area contributed by atoms with Gasteiger partial charge in [-0.1, -0.05) is 218 Å². The second kappa shape index (κ2) is 46.4. The van der Waals surface area contributed by atoms with Crippen molar-refractivity contribution in [3.8, 4) is 0 Å². The number of allylic oxidation sites excluding steroid dienone is 3. The number of unbranched alkanes of at least 4 members (excludes halogenated alkanes) is 31. The maximum absolute atomic E-state index is 13.3. The average molecular weight is 1180 g/mol. The van der Waals surface area contributed by atoms with Gasteiger partial charge in [0.1, 0.15) is 73.2 Å². The van der Waals surface area contributed by atoms with E-state index in [1.807, 2.05) is 6.08 Å². The van der Waals surface area contributed by atoms with E-state index in [4.69, 9.17) is 28.4 Å². The van der Waals surface area contributed by atoms with Gasteiger partial charge in [-0.3, -0.25) is 4.79 Å². The fraction of sp³-hybridized carbons (Fsp3) is 0.921. The molecule has 0 radical (unpaired) electrons. The highest BCUT2D eigenvalue weighted by molar-refractivity contribution is 5.76. The molecule has 0 aromatic heterocycles. The molecule has 3 fully saturated rings. The van der Waals surface area contributed by atoms with Crippen LogP contribution in [0.3, 0.4) is 0 Å². The van der Waals surface area contributed by atoms with E-state index < -0.39 is 124 Å². The number of hydrogen-bond donors (Lipinski definition) is 12. The van der Waals surface area contributed by atoms with E-state index in [9.17, 15) is 61.0 Å². The Morgan fingerprint density at radius 3 is 1.22 bits per heavy atom. The van der Waals surface area contributed by atoms with Crippen molar-refractivity contribution in [3.63, 3.8) is 0 Å². The molecule has 3 aliphatic rings. The molecule has 1 amide bonds. The zero-order valence-corrected chi connectivity index (χ0v) is 50.5. The molecule has 12 N–H and O–H groups in total. The maximum Gasteiger partial charge on any atom is 0.220 e. The number of aliphatic hydroxyl groups is 11. The van der Waals surface area contributed by atoms with Crippen LogP contribution in [0.15, 0.2) is 24.3 Å². The molecule has 3 saturated heterocycles. The van der Waals surface area contributed by atoms with E-state index in [1.54, 1.807) is 6.08 Å². The molecule has 0 aliphatic carbocycles. The van der Waals surface area contributed by atoms with Crippen molar-refractivity contribution in [2.75, 3.05) is 26.4 Å². The third-order valence-corrected chi connectivity index (χ3v) is 16.5. The molecule has 0 bridgehead atoms. The van der Waals surface area contributed by atoms with Crippen LogP contribution >= 0.6 is 0 Å². The van der Waals surface area contributed by atoms with Crippen molar-refractivity contribution in [1.29, 1.82) is 0 Å². The molecule has 482 valence electrons. The normalized spacial score (nSPS) is 29.7. The summed E-state index contributed by atoms with van der Waals surface area (Å²) in [5, 5.41) is 120. The molecule has 0 aromatic rings. The van der Waals surface area contributed by atoms with E-state index in [0.29, 0.717) is 6.42 Å². The summed E-state index contributed by atoms with van der Waals surface area (Å²) in [7, 11) is 0. The number of rotatable bonds is 49. The largest absolute Gasteiger partial charge is 0.394 e. The zero-order chi connectivity index (χ0) is 59.7. The van der Waals surface area contributed by atoms with E-state index in [-0.39, 0.29) is 18.9 Å². The number of nitrogens with one attached hydrogen (secondary N) is 1. The van der Waals surface area contributed by atoms with Crippen LogP contribution in [-0.4, -0.2) is 193 Å². The van der Waals surface area contributed by atoms with Gasteiger partial charge >= 0.3 is 0 Å². The molecule has 17 atom stereocenters. The maximum atomic E-state index is 13.3. The highest BCUT2D eigenvalue weighted by Crippen LogP contribution is 2.33. The number of carbonyl (C=O) groups excluding carboxylic acids is 1. The summed E-state index contributed by atoms with van der Waals surface area (Å²) in [5.74, 6) is -0.285. The molecule has 0 spiro atoms. The first kappa shape index (κ1) is 74.5. The lowest BCUT2D eigenvalue weighted by molar-refractivity contribution is -0.379. The van der Waals surface area contributed by atoms with Crippen LogP contribution in [0.5, 0.6) is 0 Å². The molecule has 0 aromatic carbocycles. The molecule has 3 rings (SSSR count). The quantitative estimate of drug-likeness (QED) is 0.0213. The Kier molecular flexibility index (Phi) is 42.2.